The summed E-state index contributed by atoms with van der Waals surface area (Å²) in [5, 5.41) is 26.8. The molecule has 2 aromatic carbocycles. The number of rotatable bonds is 9. The molecule has 1 aromatic heterocycles. The Balaban J connectivity index is 1.65. The van der Waals surface area contributed by atoms with Crippen LogP contribution in [-0.4, -0.2) is 35.7 Å². The van der Waals surface area contributed by atoms with Crippen LogP contribution in [0.15, 0.2) is 52.0 Å². The molecule has 176 valence electrons. The summed E-state index contributed by atoms with van der Waals surface area (Å²) in [6.07, 6.45) is 1.22. The van der Waals surface area contributed by atoms with Gasteiger partial charge in [-0.05, 0) is 30.3 Å². The number of methoxy groups -OCH3 is 1. The van der Waals surface area contributed by atoms with E-state index in [1.807, 2.05) is 0 Å². The number of nitrogens with one attached hydrogen (secondary N) is 1. The molecule has 3 rings (SSSR count). The minimum absolute atomic E-state index is 0.277. The Morgan fingerprint density at radius 2 is 1.91 bits per heavy atom. The van der Waals surface area contributed by atoms with Crippen molar-refractivity contribution < 1.29 is 28.5 Å². The number of hydrogen-bond donors (Lipinski definition) is 1. The van der Waals surface area contributed by atoms with Gasteiger partial charge in [0.2, 0.25) is 5.75 Å². The lowest BCUT2D eigenvalue weighted by atomic mass is 10.2. The molecular formula is C20H14Cl2N4O8. The van der Waals surface area contributed by atoms with Crippen LogP contribution < -0.4 is 14.9 Å². The van der Waals surface area contributed by atoms with Crippen LogP contribution >= 0.6 is 23.2 Å². The quantitative estimate of drug-likeness (QED) is 0.249. The highest BCUT2D eigenvalue weighted by Crippen LogP contribution is 2.40. The number of nitro groups is 2. The summed E-state index contributed by atoms with van der Waals surface area (Å²) in [5.41, 5.74) is 1.48. The molecule has 0 radical (unpaired) electrons. The predicted octanol–water partition coefficient (Wildman–Crippen LogP) is 4.61. The average molecular weight is 509 g/mol. The van der Waals surface area contributed by atoms with Crippen molar-refractivity contribution in [3.8, 4) is 22.8 Å². The van der Waals surface area contributed by atoms with Crippen LogP contribution in [0.5, 0.6) is 11.5 Å². The van der Waals surface area contributed by atoms with Gasteiger partial charge in [0.05, 0.1) is 40.3 Å². The van der Waals surface area contributed by atoms with Gasteiger partial charge in [0.25, 0.3) is 11.6 Å². The number of carbonyl (C=O) groups excluding carboxylic acids is 1. The van der Waals surface area contributed by atoms with Gasteiger partial charge < -0.3 is 13.9 Å². The second-order valence-electron chi connectivity index (χ2n) is 6.42. The third kappa shape index (κ3) is 5.79. The Kier molecular flexibility index (Phi) is 7.66. The van der Waals surface area contributed by atoms with E-state index in [1.165, 1.54) is 6.21 Å². The van der Waals surface area contributed by atoms with Gasteiger partial charge in [-0.15, -0.1) is 0 Å². The molecule has 1 heterocycles. The van der Waals surface area contributed by atoms with Crippen molar-refractivity contribution in [3.63, 3.8) is 0 Å². The molecule has 0 spiro atoms. The first-order valence-corrected chi connectivity index (χ1v) is 9.96. The molecular weight excluding hydrogens is 495 g/mol. The standard InChI is InChI=1S/C20H14Cl2N4O8/c1-32-18-8-12(25(28)29)7-16(26(30)31)20(18)33-10-19(27)24-23-9-13-3-5-17(34-13)14-4-2-11(21)6-15(14)22/h2-9H,10H2,1H3,(H,24,27)/b23-9-. The number of non-ortho nitro benzene ring substituents is 1. The highest BCUT2D eigenvalue weighted by Gasteiger charge is 2.27. The number of carbonyl (C=O) groups is 1. The average Bonchev–Trinajstić information content (AvgIpc) is 3.25. The van der Waals surface area contributed by atoms with Crippen LogP contribution in [-0.2, 0) is 4.79 Å². The molecule has 0 atom stereocenters. The summed E-state index contributed by atoms with van der Waals surface area (Å²) in [5.74, 6) is -0.724. The van der Waals surface area contributed by atoms with Gasteiger partial charge in [-0.1, -0.05) is 23.2 Å². The zero-order chi connectivity index (χ0) is 24.8. The first-order valence-electron chi connectivity index (χ1n) is 9.20. The highest BCUT2D eigenvalue weighted by atomic mass is 35.5. The van der Waals surface area contributed by atoms with Crippen molar-refractivity contribution in [2.24, 2.45) is 5.10 Å². The molecule has 0 fully saturated rings. The summed E-state index contributed by atoms with van der Waals surface area (Å²) in [6.45, 7) is -0.684. The van der Waals surface area contributed by atoms with Crippen molar-refractivity contribution in [2.45, 2.75) is 0 Å². The van der Waals surface area contributed by atoms with Crippen LogP contribution in [0, 0.1) is 20.2 Å². The number of benzene rings is 2. The van der Waals surface area contributed by atoms with E-state index in [9.17, 15) is 25.0 Å². The lowest BCUT2D eigenvalue weighted by Crippen LogP contribution is -2.25. The summed E-state index contributed by atoms with van der Waals surface area (Å²) >= 11 is 12.0. The third-order valence-electron chi connectivity index (χ3n) is 4.20. The van der Waals surface area contributed by atoms with Crippen LogP contribution in [0.4, 0.5) is 11.4 Å². The van der Waals surface area contributed by atoms with Gasteiger partial charge in [0, 0.05) is 10.6 Å². The molecule has 0 unspecified atom stereocenters. The normalized spacial score (nSPS) is 10.8. The third-order valence-corrected chi connectivity index (χ3v) is 4.75. The Hall–Kier alpha value is -4.16. The maximum Gasteiger partial charge on any atom is 0.321 e. The molecule has 0 saturated carbocycles. The van der Waals surface area contributed by atoms with Crippen LogP contribution in [0.2, 0.25) is 10.0 Å². The van der Waals surface area contributed by atoms with E-state index in [0.29, 0.717) is 33.2 Å². The molecule has 0 aliphatic heterocycles. The minimum atomic E-state index is -0.887. The van der Waals surface area contributed by atoms with E-state index in [0.717, 1.165) is 13.2 Å². The molecule has 0 bridgehead atoms. The second-order valence-corrected chi connectivity index (χ2v) is 7.26. The molecule has 1 N–H and O–H groups in total. The van der Waals surface area contributed by atoms with E-state index in [-0.39, 0.29) is 5.75 Å². The number of furan rings is 1. The molecule has 0 aliphatic carbocycles. The fourth-order valence-corrected chi connectivity index (χ4v) is 3.21. The van der Waals surface area contributed by atoms with Gasteiger partial charge in [-0.2, -0.15) is 5.10 Å². The van der Waals surface area contributed by atoms with Crippen LogP contribution in [0.3, 0.4) is 0 Å². The van der Waals surface area contributed by atoms with Gasteiger partial charge in [-0.3, -0.25) is 25.0 Å². The number of ether oxygens (including phenoxy) is 2. The van der Waals surface area contributed by atoms with Crippen molar-refractivity contribution in [2.75, 3.05) is 13.7 Å². The summed E-state index contributed by atoms with van der Waals surface area (Å²) < 4.78 is 15.7. The van der Waals surface area contributed by atoms with Crippen molar-refractivity contribution >= 4 is 46.7 Å². The summed E-state index contributed by atoms with van der Waals surface area (Å²) in [6, 6.07) is 9.81. The molecule has 14 heteroatoms. The fraction of sp³-hybridized carbons (Fsp3) is 0.100. The molecule has 1 amide bonds. The Morgan fingerprint density at radius 3 is 2.56 bits per heavy atom. The maximum atomic E-state index is 12.0. The Morgan fingerprint density at radius 1 is 1.15 bits per heavy atom. The summed E-state index contributed by atoms with van der Waals surface area (Å²) in [7, 11) is 1.15. The number of nitrogens with zero attached hydrogens (tertiary/aromatic N) is 3. The lowest BCUT2D eigenvalue weighted by molar-refractivity contribution is -0.394. The van der Waals surface area contributed by atoms with E-state index < -0.39 is 39.5 Å². The van der Waals surface area contributed by atoms with Gasteiger partial charge in [0.1, 0.15) is 11.5 Å². The molecule has 34 heavy (non-hydrogen) atoms. The molecule has 0 aliphatic rings. The molecule has 3 aromatic rings. The number of hydrazone groups is 1. The van der Waals surface area contributed by atoms with Crippen molar-refractivity contribution in [3.05, 3.63) is 78.5 Å². The zero-order valence-corrected chi connectivity index (χ0v) is 18.7. The van der Waals surface area contributed by atoms with Crippen molar-refractivity contribution in [1.82, 2.24) is 5.43 Å². The monoisotopic (exact) mass is 508 g/mol. The first-order chi connectivity index (χ1) is 16.2. The lowest BCUT2D eigenvalue weighted by Gasteiger charge is -2.10. The van der Waals surface area contributed by atoms with E-state index in [2.05, 4.69) is 10.5 Å². The molecule has 0 saturated heterocycles. The van der Waals surface area contributed by atoms with E-state index >= 15 is 0 Å². The minimum Gasteiger partial charge on any atom is -0.492 e. The fourth-order valence-electron chi connectivity index (χ4n) is 2.71. The highest BCUT2D eigenvalue weighted by molar-refractivity contribution is 6.36. The van der Waals surface area contributed by atoms with Crippen molar-refractivity contribution in [1.29, 1.82) is 0 Å². The largest absolute Gasteiger partial charge is 0.492 e. The SMILES string of the molecule is COc1cc([N+](=O)[O-])cc([N+](=O)[O-])c1OCC(=O)N/N=C\c1ccc(-c2ccc(Cl)cc2Cl)o1. The topological polar surface area (TPSA) is 159 Å². The Bertz CT molecular complexity index is 1290. The maximum absolute atomic E-state index is 12.0. The number of nitro benzene ring substituents is 2. The predicted molar refractivity (Wildman–Crippen MR) is 122 cm³/mol. The van der Waals surface area contributed by atoms with Gasteiger partial charge >= 0.3 is 5.69 Å². The van der Waals surface area contributed by atoms with Crippen LogP contribution in [0.25, 0.3) is 11.3 Å². The van der Waals surface area contributed by atoms with Gasteiger partial charge in [-0.25, -0.2) is 5.43 Å². The Labute approximate surface area is 201 Å². The zero-order valence-electron chi connectivity index (χ0n) is 17.2. The number of amides is 1. The second kappa shape index (κ2) is 10.6. The number of hydrogen-bond acceptors (Lipinski definition) is 9. The first kappa shape index (κ1) is 24.5. The summed E-state index contributed by atoms with van der Waals surface area (Å²) in [4.78, 5) is 32.6. The number of halogens is 2. The molecule has 12 nitrogen and oxygen atoms in total. The van der Waals surface area contributed by atoms with E-state index in [1.54, 1.807) is 30.3 Å². The van der Waals surface area contributed by atoms with E-state index in [4.69, 9.17) is 37.1 Å². The van der Waals surface area contributed by atoms with Crippen LogP contribution in [0.1, 0.15) is 5.76 Å². The smallest absolute Gasteiger partial charge is 0.321 e. The van der Waals surface area contributed by atoms with Gasteiger partial charge in [0.15, 0.2) is 12.4 Å².